The van der Waals surface area contributed by atoms with Crippen LogP contribution in [0.4, 0.5) is 5.13 Å². The van der Waals surface area contributed by atoms with Crippen LogP contribution in [-0.4, -0.2) is 43.4 Å². The molecule has 1 amide bonds. The van der Waals surface area contributed by atoms with Gasteiger partial charge in [0.25, 0.3) is 5.91 Å². The third-order valence-corrected chi connectivity index (χ3v) is 6.52. The molecular formula is C26H27N3O5S. The van der Waals surface area contributed by atoms with Gasteiger partial charge in [-0.3, -0.25) is 9.69 Å². The maximum Gasteiger partial charge on any atom is 0.252 e. The van der Waals surface area contributed by atoms with Crippen molar-refractivity contribution in [2.75, 3.05) is 32.3 Å². The Morgan fingerprint density at radius 2 is 1.97 bits per heavy atom. The van der Waals surface area contributed by atoms with Crippen molar-refractivity contribution >= 4 is 38.7 Å². The fourth-order valence-electron chi connectivity index (χ4n) is 3.48. The normalized spacial score (nSPS) is 11.3. The van der Waals surface area contributed by atoms with E-state index in [0.717, 1.165) is 32.8 Å². The third-order valence-electron chi connectivity index (χ3n) is 5.46. The van der Waals surface area contributed by atoms with Gasteiger partial charge in [-0.1, -0.05) is 34.7 Å². The molecule has 0 fully saturated rings. The molecule has 2 aromatic carbocycles. The van der Waals surface area contributed by atoms with E-state index in [1.165, 1.54) is 17.4 Å². The highest BCUT2D eigenvalue weighted by atomic mass is 32.1. The fourth-order valence-corrected chi connectivity index (χ4v) is 4.48. The smallest absolute Gasteiger partial charge is 0.252 e. The van der Waals surface area contributed by atoms with Crippen molar-refractivity contribution in [2.45, 2.75) is 20.5 Å². The molecule has 8 nitrogen and oxygen atoms in total. The molecule has 0 saturated carbocycles. The van der Waals surface area contributed by atoms with Crippen LogP contribution in [0, 0.1) is 13.8 Å². The van der Waals surface area contributed by atoms with Crippen molar-refractivity contribution in [3.63, 3.8) is 0 Å². The van der Waals surface area contributed by atoms with Crippen molar-refractivity contribution in [3.05, 3.63) is 71.1 Å². The average Bonchev–Trinajstić information content (AvgIpc) is 3.44. The van der Waals surface area contributed by atoms with Crippen molar-refractivity contribution < 1.29 is 23.5 Å². The van der Waals surface area contributed by atoms with Crippen LogP contribution in [-0.2, 0) is 16.1 Å². The summed E-state index contributed by atoms with van der Waals surface area (Å²) in [6.45, 7) is 4.85. The number of benzene rings is 2. The molecule has 0 bridgehead atoms. The zero-order chi connectivity index (χ0) is 24.8. The van der Waals surface area contributed by atoms with Crippen LogP contribution >= 0.6 is 11.3 Å². The number of hydrogen-bond donors (Lipinski definition) is 0. The maximum atomic E-state index is 13.1. The Hall–Kier alpha value is -3.69. The van der Waals surface area contributed by atoms with E-state index in [1.807, 2.05) is 56.3 Å². The number of carbonyl (C=O) groups is 1. The molecule has 0 aliphatic rings. The summed E-state index contributed by atoms with van der Waals surface area (Å²) >= 11 is 1.48. The molecule has 4 aromatic rings. The van der Waals surface area contributed by atoms with Crippen LogP contribution in [0.15, 0.2) is 53.1 Å². The fraction of sp³-hybridized carbons (Fsp3) is 0.269. The van der Waals surface area contributed by atoms with Gasteiger partial charge < -0.3 is 18.7 Å². The molecule has 0 N–H and O–H groups in total. The maximum absolute atomic E-state index is 13.1. The molecule has 0 atom stereocenters. The lowest BCUT2D eigenvalue weighted by Crippen LogP contribution is -2.32. The Morgan fingerprint density at radius 1 is 1.14 bits per heavy atom. The molecule has 4 rings (SSSR count). The van der Waals surface area contributed by atoms with Crippen LogP contribution < -0.4 is 14.4 Å². The second kappa shape index (κ2) is 11.2. The summed E-state index contributed by atoms with van der Waals surface area (Å²) in [7, 11) is 3.19. The number of para-hydroxylation sites is 1. The summed E-state index contributed by atoms with van der Waals surface area (Å²) in [5.41, 5.74) is 3.37. The predicted octanol–water partition coefficient (Wildman–Crippen LogP) is 5.18. The minimum absolute atomic E-state index is 0.182. The Kier molecular flexibility index (Phi) is 7.79. The molecule has 35 heavy (non-hydrogen) atoms. The van der Waals surface area contributed by atoms with Gasteiger partial charge in [0.15, 0.2) is 16.6 Å². The monoisotopic (exact) mass is 493 g/mol. The highest BCUT2D eigenvalue weighted by molar-refractivity contribution is 7.22. The minimum atomic E-state index is -0.182. The molecule has 0 radical (unpaired) electrons. The minimum Gasteiger partial charge on any atom is -0.493 e. The Labute approximate surface area is 207 Å². The van der Waals surface area contributed by atoms with E-state index in [2.05, 4.69) is 10.1 Å². The third kappa shape index (κ3) is 5.70. The molecule has 0 aliphatic heterocycles. The molecule has 0 saturated heterocycles. The Balaban J connectivity index is 1.50. The lowest BCUT2D eigenvalue weighted by molar-refractivity contribution is -0.114. The molecule has 9 heteroatoms. The van der Waals surface area contributed by atoms with Crippen molar-refractivity contribution in [1.82, 2.24) is 10.1 Å². The van der Waals surface area contributed by atoms with Crippen molar-refractivity contribution in [1.29, 1.82) is 0 Å². The van der Waals surface area contributed by atoms with E-state index in [9.17, 15) is 4.79 Å². The molecule has 0 aliphatic carbocycles. The summed E-state index contributed by atoms with van der Waals surface area (Å²) in [4.78, 5) is 19.3. The highest BCUT2D eigenvalue weighted by Crippen LogP contribution is 2.31. The SMILES string of the molecule is COCCN(C(=O)/C=C/c1ccc(OCc2c(C)noc2C)c(OC)c1)c1nc2ccccc2s1. The van der Waals surface area contributed by atoms with Gasteiger partial charge in [0.05, 0.1) is 41.7 Å². The lowest BCUT2D eigenvalue weighted by Gasteiger charge is -2.17. The Morgan fingerprint density at radius 3 is 2.69 bits per heavy atom. The number of hydrogen-bond acceptors (Lipinski definition) is 8. The number of carbonyl (C=O) groups excluding carboxylic acids is 1. The van der Waals surface area contributed by atoms with Gasteiger partial charge in [-0.15, -0.1) is 0 Å². The number of rotatable bonds is 10. The van der Waals surface area contributed by atoms with Crippen molar-refractivity contribution in [2.24, 2.45) is 0 Å². The van der Waals surface area contributed by atoms with Crippen LogP contribution in [0.25, 0.3) is 16.3 Å². The van der Waals surface area contributed by atoms with Crippen LogP contribution in [0.3, 0.4) is 0 Å². The molecule has 0 unspecified atom stereocenters. The molecule has 182 valence electrons. The topological polar surface area (TPSA) is 86.9 Å². The van der Waals surface area contributed by atoms with Gasteiger partial charge in [-0.2, -0.15) is 0 Å². The standard InChI is InChI=1S/C26H27N3O5S/c1-17-20(18(2)34-28-17)16-33-22-11-9-19(15-23(22)32-4)10-12-25(30)29(13-14-31-3)26-27-21-7-5-6-8-24(21)35-26/h5-12,15H,13-14,16H2,1-4H3/b12-10+. The first-order valence-corrected chi connectivity index (χ1v) is 11.9. The van der Waals surface area contributed by atoms with E-state index in [4.69, 9.17) is 18.7 Å². The molecule has 2 aromatic heterocycles. The van der Waals surface area contributed by atoms with Crippen LogP contribution in [0.5, 0.6) is 11.5 Å². The summed E-state index contributed by atoms with van der Waals surface area (Å²) in [5.74, 6) is 1.70. The lowest BCUT2D eigenvalue weighted by atomic mass is 10.1. The average molecular weight is 494 g/mol. The van der Waals surface area contributed by atoms with E-state index < -0.39 is 0 Å². The second-order valence-corrected chi connectivity index (χ2v) is 8.79. The second-order valence-electron chi connectivity index (χ2n) is 7.78. The van der Waals surface area contributed by atoms with E-state index in [0.29, 0.717) is 36.4 Å². The number of aryl methyl sites for hydroxylation is 2. The summed E-state index contributed by atoms with van der Waals surface area (Å²) in [5, 5.41) is 4.59. The summed E-state index contributed by atoms with van der Waals surface area (Å²) in [6.07, 6.45) is 3.27. The van der Waals surface area contributed by atoms with Gasteiger partial charge in [0.2, 0.25) is 0 Å². The first-order chi connectivity index (χ1) is 17.0. The van der Waals surface area contributed by atoms with Gasteiger partial charge >= 0.3 is 0 Å². The molecular weight excluding hydrogens is 466 g/mol. The number of fused-ring (bicyclic) bond motifs is 1. The zero-order valence-corrected chi connectivity index (χ0v) is 20.9. The van der Waals surface area contributed by atoms with E-state index >= 15 is 0 Å². The van der Waals surface area contributed by atoms with Crippen molar-refractivity contribution in [3.8, 4) is 11.5 Å². The first-order valence-electron chi connectivity index (χ1n) is 11.1. The number of methoxy groups -OCH3 is 2. The van der Waals surface area contributed by atoms with Gasteiger partial charge in [0.1, 0.15) is 12.4 Å². The molecule has 0 spiro atoms. The first kappa shape index (κ1) is 24.4. The number of nitrogens with zero attached hydrogens (tertiary/aromatic N) is 3. The number of aromatic nitrogens is 2. The quantitative estimate of drug-likeness (QED) is 0.281. The van der Waals surface area contributed by atoms with Crippen LogP contribution in [0.1, 0.15) is 22.6 Å². The number of ether oxygens (including phenoxy) is 3. The van der Waals surface area contributed by atoms with Crippen LogP contribution in [0.2, 0.25) is 0 Å². The van der Waals surface area contributed by atoms with Gasteiger partial charge in [-0.25, -0.2) is 4.98 Å². The van der Waals surface area contributed by atoms with Gasteiger partial charge in [0, 0.05) is 13.2 Å². The summed E-state index contributed by atoms with van der Waals surface area (Å²) in [6, 6.07) is 13.3. The number of thiazole rings is 1. The highest BCUT2D eigenvalue weighted by Gasteiger charge is 2.18. The number of anilines is 1. The largest absolute Gasteiger partial charge is 0.493 e. The number of amides is 1. The summed E-state index contributed by atoms with van der Waals surface area (Å²) < 4.78 is 22.9. The van der Waals surface area contributed by atoms with E-state index in [-0.39, 0.29) is 5.91 Å². The van der Waals surface area contributed by atoms with Gasteiger partial charge in [-0.05, 0) is 49.8 Å². The van der Waals surface area contributed by atoms with E-state index in [1.54, 1.807) is 25.2 Å². The Bertz CT molecular complexity index is 1290. The molecule has 2 heterocycles. The predicted molar refractivity (Wildman–Crippen MR) is 136 cm³/mol. The zero-order valence-electron chi connectivity index (χ0n) is 20.1.